The lowest BCUT2D eigenvalue weighted by Gasteiger charge is -2.38. The normalized spacial score (nSPS) is 27.2. The minimum atomic E-state index is -3.67. The molecule has 0 bridgehead atoms. The highest BCUT2D eigenvalue weighted by Gasteiger charge is 2.64. The van der Waals surface area contributed by atoms with Gasteiger partial charge in [0.2, 0.25) is 6.23 Å². The molecule has 0 spiro atoms. The molecule has 3 unspecified atom stereocenters. The summed E-state index contributed by atoms with van der Waals surface area (Å²) in [6.45, 7) is 5.48. The number of halogens is 2. The number of anilines is 1. The summed E-state index contributed by atoms with van der Waals surface area (Å²) in [6.07, 6.45) is -3.39. The van der Waals surface area contributed by atoms with Crippen LogP contribution in [-0.4, -0.2) is 48.2 Å². The summed E-state index contributed by atoms with van der Waals surface area (Å²) in [7, 11) is -0.931. The summed E-state index contributed by atoms with van der Waals surface area (Å²) in [6, 6.07) is 1.23. The van der Waals surface area contributed by atoms with E-state index >= 15 is 0 Å². The predicted octanol–water partition coefficient (Wildman–Crippen LogP) is 0.426. The largest absolute Gasteiger partial charge is 0.416 e. The highest BCUT2D eigenvalue weighted by molar-refractivity contribution is 6.25. The molecule has 1 aromatic rings. The number of ether oxygens (including phenoxy) is 1. The van der Waals surface area contributed by atoms with Crippen molar-refractivity contribution in [1.29, 1.82) is 0 Å². The first-order valence-corrected chi connectivity index (χ1v) is 9.92. The average Bonchev–Trinajstić information content (AvgIpc) is 2.77. The molecule has 0 saturated carbocycles. The molecule has 1 fully saturated rings. The van der Waals surface area contributed by atoms with Gasteiger partial charge in [0, 0.05) is 6.20 Å². The molecule has 0 amide bonds. The Kier molecular flexibility index (Phi) is 5.43. The van der Waals surface area contributed by atoms with Crippen LogP contribution in [0.1, 0.15) is 32.9 Å². The number of hydrogen-bond acceptors (Lipinski definition) is 6. The molecule has 1 saturated heterocycles. The monoisotopic (exact) mass is 363 g/mol. The Morgan fingerprint density at radius 1 is 1.54 bits per heavy atom. The van der Waals surface area contributed by atoms with E-state index in [1.165, 1.54) is 6.07 Å². The number of aliphatic hydroxyl groups excluding tert-OH is 1. The molecule has 136 valence electrons. The first-order valence-electron chi connectivity index (χ1n) is 7.93. The molecule has 1 aliphatic heterocycles. The van der Waals surface area contributed by atoms with Gasteiger partial charge in [0.15, 0.2) is 15.9 Å². The van der Waals surface area contributed by atoms with Crippen LogP contribution in [0, 0.1) is 0 Å². The number of nitrogen functional groups attached to an aromatic ring is 1. The second-order valence-electron chi connectivity index (χ2n) is 5.78. The maximum atomic E-state index is 14.6. The van der Waals surface area contributed by atoms with Crippen molar-refractivity contribution in [2.24, 2.45) is 0 Å². The van der Waals surface area contributed by atoms with Crippen molar-refractivity contribution in [2.45, 2.75) is 63.2 Å². The third-order valence-corrected chi connectivity index (χ3v) is 5.40. The lowest BCUT2D eigenvalue weighted by atomic mass is 9.87. The first-order chi connectivity index (χ1) is 11.2. The number of aliphatic hydroxyl groups is 1. The van der Waals surface area contributed by atoms with Crippen LogP contribution in [0.15, 0.2) is 17.1 Å². The predicted molar refractivity (Wildman–Crippen MR) is 86.6 cm³/mol. The van der Waals surface area contributed by atoms with Crippen molar-refractivity contribution in [3.05, 3.63) is 22.7 Å². The number of rotatable bonds is 6. The number of nitrogens with two attached hydrogens (primary N) is 1. The zero-order chi connectivity index (χ0) is 18.1. The van der Waals surface area contributed by atoms with E-state index in [0.717, 1.165) is 6.20 Å². The van der Waals surface area contributed by atoms with E-state index in [1.54, 1.807) is 13.8 Å². The Bertz CT molecular complexity index is 639. The molecule has 7 nitrogen and oxygen atoms in total. The fourth-order valence-electron chi connectivity index (χ4n) is 3.15. The topological polar surface area (TPSA) is 99.6 Å². The van der Waals surface area contributed by atoms with E-state index in [4.69, 9.17) is 14.9 Å². The Hall–Kier alpha value is -1.36. The van der Waals surface area contributed by atoms with Gasteiger partial charge in [0.05, 0.1) is 5.60 Å². The van der Waals surface area contributed by atoms with Gasteiger partial charge in [0.1, 0.15) is 11.9 Å². The molecule has 3 N–H and O–H groups in total. The lowest BCUT2D eigenvalue weighted by Crippen LogP contribution is -2.52. The van der Waals surface area contributed by atoms with Gasteiger partial charge >= 0.3 is 11.6 Å². The molecule has 0 radical (unpaired) electrons. The zero-order valence-corrected chi connectivity index (χ0v) is 15.3. The van der Waals surface area contributed by atoms with E-state index in [9.17, 15) is 18.7 Å². The average molecular weight is 363 g/mol. The second-order valence-corrected chi connectivity index (χ2v) is 6.64. The van der Waals surface area contributed by atoms with Crippen LogP contribution >= 0.6 is 0 Å². The smallest absolute Gasteiger partial charge is 0.351 e. The van der Waals surface area contributed by atoms with Crippen LogP contribution in [0.5, 0.6) is 0 Å². The van der Waals surface area contributed by atoms with Crippen LogP contribution in [-0.2, 0) is 9.16 Å². The van der Waals surface area contributed by atoms with Crippen LogP contribution in [0.4, 0.5) is 14.6 Å². The maximum absolute atomic E-state index is 14.6. The molecular weight excluding hydrogens is 340 g/mol. The summed E-state index contributed by atoms with van der Waals surface area (Å²) in [5.41, 5.74) is 3.41. The third kappa shape index (κ3) is 2.98. The number of nitrogens with zero attached hydrogens (tertiary/aromatic N) is 2. The van der Waals surface area contributed by atoms with Gasteiger partial charge in [-0.05, 0) is 18.9 Å². The Labute approximate surface area is 140 Å². The van der Waals surface area contributed by atoms with Crippen LogP contribution in [0.2, 0.25) is 6.55 Å². The SMILES string of the molecule is CCC(CC)(O[SiH2]C)C1OC(n2ccc(N)nc2=O)C(F)(F)C1O. The van der Waals surface area contributed by atoms with Crippen LogP contribution < -0.4 is 11.4 Å². The maximum Gasteiger partial charge on any atom is 0.351 e. The van der Waals surface area contributed by atoms with E-state index in [2.05, 4.69) is 4.98 Å². The molecule has 2 heterocycles. The second kappa shape index (κ2) is 6.87. The molecule has 1 aliphatic rings. The van der Waals surface area contributed by atoms with Gasteiger partial charge in [-0.2, -0.15) is 13.8 Å². The molecular formula is C14H23F2N3O4Si. The van der Waals surface area contributed by atoms with Crippen molar-refractivity contribution < 1.29 is 23.1 Å². The van der Waals surface area contributed by atoms with Crippen molar-refractivity contribution in [3.8, 4) is 0 Å². The van der Waals surface area contributed by atoms with Crippen molar-refractivity contribution in [3.63, 3.8) is 0 Å². The summed E-state index contributed by atoms with van der Waals surface area (Å²) < 4.78 is 41.2. The molecule has 3 atom stereocenters. The van der Waals surface area contributed by atoms with Gasteiger partial charge < -0.3 is 20.0 Å². The molecule has 0 aliphatic carbocycles. The van der Waals surface area contributed by atoms with Crippen molar-refractivity contribution in [1.82, 2.24) is 9.55 Å². The third-order valence-electron chi connectivity index (χ3n) is 4.54. The van der Waals surface area contributed by atoms with E-state index in [0.29, 0.717) is 17.4 Å². The van der Waals surface area contributed by atoms with Gasteiger partial charge in [0.25, 0.3) is 0 Å². The fourth-order valence-corrected chi connectivity index (χ4v) is 4.29. The summed E-state index contributed by atoms with van der Waals surface area (Å²) in [5, 5.41) is 10.2. The van der Waals surface area contributed by atoms with Crippen LogP contribution in [0.3, 0.4) is 0 Å². The van der Waals surface area contributed by atoms with Gasteiger partial charge in [-0.15, -0.1) is 0 Å². The van der Waals surface area contributed by atoms with Gasteiger partial charge in [-0.3, -0.25) is 4.57 Å². The molecule has 24 heavy (non-hydrogen) atoms. The summed E-state index contributed by atoms with van der Waals surface area (Å²) >= 11 is 0. The van der Waals surface area contributed by atoms with E-state index in [-0.39, 0.29) is 5.82 Å². The minimum absolute atomic E-state index is 0.0774. The number of aromatic nitrogens is 2. The number of alkyl halides is 2. The van der Waals surface area contributed by atoms with E-state index < -0.39 is 45.4 Å². The van der Waals surface area contributed by atoms with Crippen molar-refractivity contribution in [2.75, 3.05) is 5.73 Å². The minimum Gasteiger partial charge on any atom is -0.416 e. The highest BCUT2D eigenvalue weighted by atomic mass is 28.2. The quantitative estimate of drug-likeness (QED) is 0.711. The first kappa shape index (κ1) is 19.0. The van der Waals surface area contributed by atoms with E-state index in [1.807, 2.05) is 6.55 Å². The van der Waals surface area contributed by atoms with Crippen molar-refractivity contribution >= 4 is 15.6 Å². The zero-order valence-electron chi connectivity index (χ0n) is 13.9. The summed E-state index contributed by atoms with van der Waals surface area (Å²) in [4.78, 5) is 15.3. The van der Waals surface area contributed by atoms with Gasteiger partial charge in [-0.25, -0.2) is 4.79 Å². The van der Waals surface area contributed by atoms with Crippen LogP contribution in [0.25, 0.3) is 0 Å². The summed E-state index contributed by atoms with van der Waals surface area (Å²) in [5.74, 6) is -3.74. The molecule has 10 heteroatoms. The van der Waals surface area contributed by atoms with Gasteiger partial charge in [-0.1, -0.05) is 20.4 Å². The fraction of sp³-hybridized carbons (Fsp3) is 0.714. The Morgan fingerprint density at radius 2 is 2.17 bits per heavy atom. The molecule has 1 aromatic heterocycles. The standard InChI is InChI=1S/C14H23F2N3O4Si/c1-4-13(5-2,23-24-3)10-9(20)14(15,16)11(22-10)19-7-6-8(17)18-12(19)21/h6-7,9-11,20H,4-5,24H2,1-3H3,(H2,17,18,21). The molecule has 0 aromatic carbocycles. The Morgan fingerprint density at radius 3 is 2.67 bits per heavy atom. The Balaban J connectivity index is 2.45. The number of hydrogen-bond donors (Lipinski definition) is 2. The lowest BCUT2D eigenvalue weighted by molar-refractivity contribution is -0.145. The highest BCUT2D eigenvalue weighted by Crippen LogP contribution is 2.47. The molecule has 2 rings (SSSR count).